The van der Waals surface area contributed by atoms with Crippen molar-refractivity contribution in [1.29, 1.82) is 0 Å². The van der Waals surface area contributed by atoms with E-state index in [2.05, 4.69) is 41.7 Å². The summed E-state index contributed by atoms with van der Waals surface area (Å²) in [6, 6.07) is 18.3. The molecule has 0 aromatic heterocycles. The zero-order chi connectivity index (χ0) is 45.2. The van der Waals surface area contributed by atoms with Crippen molar-refractivity contribution < 1.29 is 28.8 Å². The van der Waals surface area contributed by atoms with Crippen molar-refractivity contribution in [2.24, 2.45) is 20.5 Å². The Morgan fingerprint density at radius 1 is 0.500 bits per heavy atom. The van der Waals surface area contributed by atoms with Crippen LogP contribution in [0.15, 0.2) is 111 Å². The maximum atomic E-state index is 13.4. The Morgan fingerprint density at radius 3 is 1.37 bits per heavy atom. The number of hydrogen-bond acceptors (Lipinski definition) is 10. The summed E-state index contributed by atoms with van der Waals surface area (Å²) in [6.45, 7) is 2.27. The Bertz CT molecular complexity index is 2680. The topological polar surface area (TPSA) is 200 Å². The van der Waals surface area contributed by atoms with Crippen LogP contribution in [0.4, 0.5) is 34.1 Å². The van der Waals surface area contributed by atoms with Crippen molar-refractivity contribution in [2.45, 2.75) is 31.8 Å². The predicted octanol–water partition coefficient (Wildman–Crippen LogP) is 12.2. The summed E-state index contributed by atoms with van der Waals surface area (Å²) in [6.07, 6.45) is 0. The second-order valence-electron chi connectivity index (χ2n) is 12.9. The highest BCUT2D eigenvalue weighted by atomic mass is 35.5. The minimum absolute atomic E-state index is 0.0109. The molecule has 0 spiro atoms. The van der Waals surface area contributed by atoms with E-state index >= 15 is 0 Å². The fraction of sp³-hybridized carbons (Fsp3) is 0.122. The van der Waals surface area contributed by atoms with E-state index in [0.29, 0.717) is 15.6 Å². The molecule has 0 aliphatic carbocycles. The van der Waals surface area contributed by atoms with Gasteiger partial charge in [-0.15, -0.1) is 11.6 Å². The number of hydrogen-bond donors (Lipinski definition) is 4. The van der Waals surface area contributed by atoms with Gasteiger partial charge in [0.1, 0.15) is 11.4 Å². The number of azo groups is 2. The molecule has 5 aromatic rings. The van der Waals surface area contributed by atoms with Gasteiger partial charge in [0.15, 0.2) is 11.6 Å². The summed E-state index contributed by atoms with van der Waals surface area (Å²) in [5.74, 6) is -4.41. The first-order chi connectivity index (χ1) is 29.4. The number of Topliss-reactive ketones (excluding diaryl/α,β-unsaturated/α-hetero) is 2. The second-order valence-corrected chi connectivity index (χ2v) is 15.7. The molecule has 0 fully saturated rings. The van der Waals surface area contributed by atoms with Gasteiger partial charge < -0.3 is 21.3 Å². The van der Waals surface area contributed by atoms with E-state index in [1.165, 1.54) is 78.9 Å². The van der Waals surface area contributed by atoms with E-state index in [4.69, 9.17) is 81.2 Å². The average molecular weight is 978 g/mol. The Morgan fingerprint density at radius 2 is 0.935 bits per heavy atom. The maximum absolute atomic E-state index is 13.4. The van der Waals surface area contributed by atoms with Gasteiger partial charge in [0, 0.05) is 38.4 Å². The van der Waals surface area contributed by atoms with Gasteiger partial charge in [-0.3, -0.25) is 28.8 Å². The molecule has 0 aliphatic heterocycles. The Balaban J connectivity index is 1.26. The molecule has 14 nitrogen and oxygen atoms in total. The number of alkyl halides is 1. The first-order valence-electron chi connectivity index (χ1n) is 17.7. The monoisotopic (exact) mass is 974 g/mol. The maximum Gasteiger partial charge on any atom is 0.258 e. The molecule has 0 aliphatic rings. The van der Waals surface area contributed by atoms with Gasteiger partial charge in [-0.05, 0) is 110 Å². The van der Waals surface area contributed by atoms with Crippen LogP contribution in [-0.4, -0.2) is 47.3 Å². The molecule has 2 atom stereocenters. The Labute approximate surface area is 388 Å². The van der Waals surface area contributed by atoms with E-state index < -0.39 is 47.3 Å². The van der Waals surface area contributed by atoms with E-state index in [1.54, 1.807) is 12.1 Å². The van der Waals surface area contributed by atoms with Crippen LogP contribution in [-0.2, 0) is 25.1 Å². The van der Waals surface area contributed by atoms with Gasteiger partial charge in [0.05, 0.1) is 31.5 Å². The molecule has 0 radical (unpaired) electrons. The van der Waals surface area contributed by atoms with Gasteiger partial charge in [-0.1, -0.05) is 69.6 Å². The molecule has 21 heteroatoms. The molecule has 0 heterocycles. The number of ketones is 2. The van der Waals surface area contributed by atoms with E-state index in [0.717, 1.165) is 13.8 Å². The van der Waals surface area contributed by atoms with Crippen LogP contribution in [0.1, 0.15) is 40.1 Å². The number of benzene rings is 5. The van der Waals surface area contributed by atoms with Crippen LogP contribution in [0, 0.1) is 0 Å². The van der Waals surface area contributed by atoms with Crippen molar-refractivity contribution in [1.82, 2.24) is 0 Å². The standard InChI is InChI=1S/C41H29Cl7N8O6/c1-19(57)36(55-53-34-14-21(3-8-29(34)47)38(59)51-32-16-24(43)5-10-27(32)45)40(61)49-26-7-12-31(23(13-26)18-42)50-41(62)37(20(2)58)56-54-35-15-22(4-9-30(35)48)39(60)52-33-17-25(44)6-11-28(33)46/h3-17,36-37H,18H2,1-2H3,(H,49,61)(H,50,62)(H,51,59)(H,52,60). The lowest BCUT2D eigenvalue weighted by Crippen LogP contribution is -2.32. The lowest BCUT2D eigenvalue weighted by Gasteiger charge is -2.15. The molecule has 5 rings (SSSR count). The molecule has 5 aromatic carbocycles. The lowest BCUT2D eigenvalue weighted by molar-refractivity contribution is -0.127. The highest BCUT2D eigenvalue weighted by Gasteiger charge is 2.26. The third-order valence-electron chi connectivity index (χ3n) is 8.37. The summed E-state index contributed by atoms with van der Waals surface area (Å²) >= 11 is 43.1. The van der Waals surface area contributed by atoms with Crippen LogP contribution in [0.5, 0.6) is 0 Å². The Hall–Kier alpha value is -5.45. The van der Waals surface area contributed by atoms with Crippen LogP contribution in [0.3, 0.4) is 0 Å². The first-order valence-corrected chi connectivity index (χ1v) is 20.5. The van der Waals surface area contributed by atoms with Crippen molar-refractivity contribution in [3.8, 4) is 0 Å². The first kappa shape index (κ1) is 47.6. The van der Waals surface area contributed by atoms with Gasteiger partial charge >= 0.3 is 0 Å². The van der Waals surface area contributed by atoms with Crippen LogP contribution in [0.25, 0.3) is 0 Å². The SMILES string of the molecule is CC(=O)C(N=Nc1cc(C(=O)Nc2cc(Cl)ccc2Cl)ccc1Cl)C(=O)Nc1ccc(NC(=O)C(N=Nc2cc(C(=O)Nc3cc(Cl)ccc3Cl)ccc2Cl)C(C)=O)c(CCl)c1. The number of carbonyl (C=O) groups excluding carboxylic acids is 6. The molecule has 62 heavy (non-hydrogen) atoms. The fourth-order valence-corrected chi connectivity index (χ4v) is 6.43. The van der Waals surface area contributed by atoms with Gasteiger partial charge in [-0.2, -0.15) is 20.5 Å². The highest BCUT2D eigenvalue weighted by Crippen LogP contribution is 2.32. The van der Waals surface area contributed by atoms with E-state index in [1.807, 2.05) is 0 Å². The minimum atomic E-state index is -1.65. The van der Waals surface area contributed by atoms with E-state index in [-0.39, 0.29) is 71.2 Å². The molecule has 2 unspecified atom stereocenters. The normalized spacial score (nSPS) is 12.1. The summed E-state index contributed by atoms with van der Waals surface area (Å²) < 4.78 is 0. The van der Waals surface area contributed by atoms with Gasteiger partial charge in [0.25, 0.3) is 23.6 Å². The number of halogens is 7. The number of nitrogens with one attached hydrogen (secondary N) is 4. The zero-order valence-corrected chi connectivity index (χ0v) is 37.2. The lowest BCUT2D eigenvalue weighted by atomic mass is 10.1. The van der Waals surface area contributed by atoms with Crippen molar-refractivity contribution in [2.75, 3.05) is 21.3 Å². The number of rotatable bonds is 15. The van der Waals surface area contributed by atoms with Crippen LogP contribution >= 0.6 is 81.2 Å². The average Bonchev–Trinajstić information content (AvgIpc) is 3.22. The molecule has 318 valence electrons. The van der Waals surface area contributed by atoms with Crippen LogP contribution < -0.4 is 21.3 Å². The highest BCUT2D eigenvalue weighted by molar-refractivity contribution is 6.37. The summed E-state index contributed by atoms with van der Waals surface area (Å²) in [5.41, 5.74) is 1.36. The quantitative estimate of drug-likeness (QED) is 0.0457. The van der Waals surface area contributed by atoms with Crippen LogP contribution in [0.2, 0.25) is 30.1 Å². The minimum Gasteiger partial charge on any atom is -0.324 e. The summed E-state index contributed by atoms with van der Waals surface area (Å²) in [5, 5.41) is 27.6. The fourth-order valence-electron chi connectivity index (χ4n) is 5.23. The number of amides is 4. The van der Waals surface area contributed by atoms with E-state index in [9.17, 15) is 28.8 Å². The third kappa shape index (κ3) is 12.6. The molecule has 0 bridgehead atoms. The summed E-state index contributed by atoms with van der Waals surface area (Å²) in [4.78, 5) is 77.7. The molecule has 4 amide bonds. The molecular formula is C41H29Cl7N8O6. The smallest absolute Gasteiger partial charge is 0.258 e. The largest absolute Gasteiger partial charge is 0.324 e. The predicted molar refractivity (Wildman–Crippen MR) is 243 cm³/mol. The zero-order valence-electron chi connectivity index (χ0n) is 31.9. The number of carbonyl (C=O) groups is 6. The number of nitrogens with zero attached hydrogens (tertiary/aromatic N) is 4. The molecule has 0 saturated heterocycles. The second kappa shape index (κ2) is 21.6. The Kier molecular flexibility index (Phi) is 16.6. The van der Waals surface area contributed by atoms with Crippen molar-refractivity contribution in [3.63, 3.8) is 0 Å². The summed E-state index contributed by atoms with van der Waals surface area (Å²) in [7, 11) is 0. The molecule has 0 saturated carbocycles. The molecule has 4 N–H and O–H groups in total. The van der Waals surface area contributed by atoms with Crippen molar-refractivity contribution >= 4 is 151 Å². The molecular weight excluding hydrogens is 949 g/mol. The van der Waals surface area contributed by atoms with Crippen molar-refractivity contribution in [3.05, 3.63) is 138 Å². The van der Waals surface area contributed by atoms with Gasteiger partial charge in [0.2, 0.25) is 12.1 Å². The number of anilines is 4. The van der Waals surface area contributed by atoms with Gasteiger partial charge in [-0.25, -0.2) is 0 Å². The third-order valence-corrected chi connectivity index (χ3v) is 10.4.